The molecule has 1 fully saturated rings. The van der Waals surface area contributed by atoms with Gasteiger partial charge >= 0.3 is 0 Å². The van der Waals surface area contributed by atoms with E-state index in [4.69, 9.17) is 9.47 Å². The van der Waals surface area contributed by atoms with Crippen LogP contribution >= 0.6 is 0 Å². The van der Waals surface area contributed by atoms with E-state index in [1.807, 2.05) is 12.1 Å². The predicted molar refractivity (Wildman–Crippen MR) is 105 cm³/mol. The first-order chi connectivity index (χ1) is 12.8. The molecule has 1 aromatic carbocycles. The van der Waals surface area contributed by atoms with Crippen LogP contribution in [0.4, 0.5) is 0 Å². The Bertz CT molecular complexity index is 774. The zero-order valence-electron chi connectivity index (χ0n) is 16.1. The van der Waals surface area contributed by atoms with Gasteiger partial charge in [0.15, 0.2) is 21.3 Å². The first-order valence-electron chi connectivity index (χ1n) is 9.12. The molecule has 0 saturated carbocycles. The number of hydrogen-bond donors (Lipinski definition) is 1. The van der Waals surface area contributed by atoms with Crippen LogP contribution in [0.3, 0.4) is 0 Å². The van der Waals surface area contributed by atoms with Gasteiger partial charge in [0.25, 0.3) is 0 Å². The van der Waals surface area contributed by atoms with Gasteiger partial charge in [-0.1, -0.05) is 13.8 Å². The summed E-state index contributed by atoms with van der Waals surface area (Å²) in [6.45, 7) is 4.90. The highest BCUT2D eigenvalue weighted by molar-refractivity contribution is 7.91. The third kappa shape index (κ3) is 7.21. The molecule has 2 rings (SSSR count). The minimum Gasteiger partial charge on any atom is -0.493 e. The van der Waals surface area contributed by atoms with Crippen molar-refractivity contribution in [1.29, 1.82) is 0 Å². The van der Waals surface area contributed by atoms with Crippen LogP contribution < -0.4 is 14.9 Å². The molecule has 0 radical (unpaired) electrons. The third-order valence-electron chi connectivity index (χ3n) is 4.34. The average molecular weight is 397 g/mol. The molecule has 150 valence electrons. The predicted octanol–water partition coefficient (Wildman–Crippen LogP) is 2.40. The molecule has 0 spiro atoms. The van der Waals surface area contributed by atoms with E-state index in [2.05, 4.69) is 24.4 Å². The smallest absolute Gasteiger partial charge is 0.240 e. The summed E-state index contributed by atoms with van der Waals surface area (Å²) < 4.78 is 33.9. The molecule has 1 amide bonds. The van der Waals surface area contributed by atoms with E-state index < -0.39 is 9.84 Å². The molecule has 8 heteroatoms. The summed E-state index contributed by atoms with van der Waals surface area (Å²) in [4.78, 5) is 11.9. The lowest BCUT2D eigenvalue weighted by molar-refractivity contribution is -0.121. The monoisotopic (exact) mass is 396 g/mol. The summed E-state index contributed by atoms with van der Waals surface area (Å²) in [6.07, 6.45) is 3.18. The first-order valence-corrected chi connectivity index (χ1v) is 10.9. The molecule has 0 aromatic heterocycles. The van der Waals surface area contributed by atoms with Crippen molar-refractivity contribution < 1.29 is 22.7 Å². The Morgan fingerprint density at radius 3 is 2.78 bits per heavy atom. The maximum absolute atomic E-state index is 11.9. The standard InChI is InChI=1S/C19H28N2O5S/c1-14(2)6-8-26-17-5-4-15(10-18(17)25-3)12-20-21-19(22)11-16-7-9-27(23,24)13-16/h4-5,10,12,14,16H,6-9,11,13H2,1-3H3,(H,21,22)/b20-12-/t16-/m1/s1. The van der Waals surface area contributed by atoms with Crippen LogP contribution in [0.1, 0.15) is 38.7 Å². The molecule has 7 nitrogen and oxygen atoms in total. The molecule has 1 atom stereocenters. The number of carbonyl (C=O) groups is 1. The van der Waals surface area contributed by atoms with Gasteiger partial charge in [-0.25, -0.2) is 13.8 Å². The van der Waals surface area contributed by atoms with Gasteiger partial charge < -0.3 is 9.47 Å². The largest absolute Gasteiger partial charge is 0.493 e. The molecule has 1 aliphatic rings. The fourth-order valence-corrected chi connectivity index (χ4v) is 4.67. The van der Waals surface area contributed by atoms with E-state index >= 15 is 0 Å². The van der Waals surface area contributed by atoms with Gasteiger partial charge in [0.1, 0.15) is 0 Å². The van der Waals surface area contributed by atoms with Crippen molar-refractivity contribution in [1.82, 2.24) is 5.43 Å². The highest BCUT2D eigenvalue weighted by Gasteiger charge is 2.29. The third-order valence-corrected chi connectivity index (χ3v) is 6.18. The van der Waals surface area contributed by atoms with E-state index in [-0.39, 0.29) is 29.8 Å². The highest BCUT2D eigenvalue weighted by atomic mass is 32.2. The highest BCUT2D eigenvalue weighted by Crippen LogP contribution is 2.28. The van der Waals surface area contributed by atoms with Crippen LogP contribution in [0.25, 0.3) is 0 Å². The van der Waals surface area contributed by atoms with Gasteiger partial charge in [-0.05, 0) is 48.4 Å². The molecule has 1 aromatic rings. The van der Waals surface area contributed by atoms with Gasteiger partial charge in [0.2, 0.25) is 5.91 Å². The Kier molecular flexibility index (Phi) is 7.65. The van der Waals surface area contributed by atoms with E-state index in [1.54, 1.807) is 13.2 Å². The number of nitrogens with one attached hydrogen (secondary N) is 1. The van der Waals surface area contributed by atoms with E-state index in [9.17, 15) is 13.2 Å². The van der Waals surface area contributed by atoms with Crippen LogP contribution in [0.5, 0.6) is 11.5 Å². The lowest BCUT2D eigenvalue weighted by atomic mass is 10.1. The SMILES string of the molecule is COc1cc(/C=N\NC(=O)C[C@H]2CCS(=O)(=O)C2)ccc1OCCC(C)C. The normalized spacial score (nSPS) is 18.7. The second kappa shape index (κ2) is 9.73. The summed E-state index contributed by atoms with van der Waals surface area (Å²) in [5, 5.41) is 3.94. The van der Waals surface area contributed by atoms with Gasteiger partial charge in [-0.2, -0.15) is 5.10 Å². The number of rotatable bonds is 9. The summed E-state index contributed by atoms with van der Waals surface area (Å²) in [5.74, 6) is 1.68. The van der Waals surface area contributed by atoms with Crippen LogP contribution in [0.15, 0.2) is 23.3 Å². The zero-order chi connectivity index (χ0) is 19.9. The zero-order valence-corrected chi connectivity index (χ0v) is 16.9. The van der Waals surface area contributed by atoms with Gasteiger partial charge in [0, 0.05) is 6.42 Å². The summed E-state index contributed by atoms with van der Waals surface area (Å²) in [5.41, 5.74) is 3.20. The van der Waals surface area contributed by atoms with Crippen molar-refractivity contribution in [3.8, 4) is 11.5 Å². The Balaban J connectivity index is 1.86. The number of hydrazone groups is 1. The van der Waals surface area contributed by atoms with Crippen molar-refractivity contribution in [2.45, 2.75) is 33.1 Å². The van der Waals surface area contributed by atoms with Crippen LogP contribution in [0.2, 0.25) is 0 Å². The average Bonchev–Trinajstić information content (AvgIpc) is 2.93. The molecule has 0 bridgehead atoms. The summed E-state index contributed by atoms with van der Waals surface area (Å²) in [7, 11) is -1.40. The Morgan fingerprint density at radius 2 is 2.15 bits per heavy atom. The molecule has 27 heavy (non-hydrogen) atoms. The number of nitrogens with zero attached hydrogens (tertiary/aromatic N) is 1. The number of sulfone groups is 1. The number of amides is 1. The number of methoxy groups -OCH3 is 1. The maximum atomic E-state index is 11.9. The van der Waals surface area contributed by atoms with Crippen LogP contribution in [-0.4, -0.2) is 45.8 Å². The summed E-state index contributed by atoms with van der Waals surface area (Å²) in [6, 6.07) is 5.42. The molecular formula is C19H28N2O5S. The minimum absolute atomic E-state index is 0.0829. The second-order valence-electron chi connectivity index (χ2n) is 7.21. The molecule has 1 heterocycles. The van der Waals surface area contributed by atoms with E-state index in [0.717, 1.165) is 12.0 Å². The van der Waals surface area contributed by atoms with Crippen molar-refractivity contribution in [3.63, 3.8) is 0 Å². The second-order valence-corrected chi connectivity index (χ2v) is 9.44. The fraction of sp³-hybridized carbons (Fsp3) is 0.579. The van der Waals surface area contributed by atoms with Crippen molar-refractivity contribution in [2.75, 3.05) is 25.2 Å². The lowest BCUT2D eigenvalue weighted by Crippen LogP contribution is -2.21. The molecule has 0 aliphatic carbocycles. The van der Waals surface area contributed by atoms with Crippen LogP contribution in [0, 0.1) is 11.8 Å². The van der Waals surface area contributed by atoms with Gasteiger partial charge in [-0.15, -0.1) is 0 Å². The molecule has 1 N–H and O–H groups in total. The quantitative estimate of drug-likeness (QED) is 0.511. The van der Waals surface area contributed by atoms with Gasteiger partial charge in [0.05, 0.1) is 31.4 Å². The fourth-order valence-electron chi connectivity index (χ4n) is 2.81. The molecule has 1 saturated heterocycles. The Hall–Kier alpha value is -2.09. The maximum Gasteiger partial charge on any atom is 0.240 e. The van der Waals surface area contributed by atoms with Crippen molar-refractivity contribution in [2.24, 2.45) is 16.9 Å². The first kappa shape index (κ1) is 21.2. The molecular weight excluding hydrogens is 368 g/mol. The lowest BCUT2D eigenvalue weighted by Gasteiger charge is -2.12. The van der Waals surface area contributed by atoms with Crippen molar-refractivity contribution >= 4 is 22.0 Å². The van der Waals surface area contributed by atoms with Crippen LogP contribution in [-0.2, 0) is 14.6 Å². The van der Waals surface area contributed by atoms with Gasteiger partial charge in [-0.3, -0.25) is 4.79 Å². The number of ether oxygens (including phenoxy) is 2. The Labute approximate surface area is 161 Å². The number of carbonyl (C=O) groups excluding carboxylic acids is 1. The number of benzene rings is 1. The van der Waals surface area contributed by atoms with Crippen molar-refractivity contribution in [3.05, 3.63) is 23.8 Å². The van der Waals surface area contributed by atoms with E-state index in [0.29, 0.717) is 30.4 Å². The number of hydrogen-bond acceptors (Lipinski definition) is 6. The van der Waals surface area contributed by atoms with E-state index in [1.165, 1.54) is 6.21 Å². The molecule has 0 unspecified atom stereocenters. The minimum atomic E-state index is -2.97. The Morgan fingerprint density at radius 1 is 1.37 bits per heavy atom. The summed E-state index contributed by atoms with van der Waals surface area (Å²) >= 11 is 0. The topological polar surface area (TPSA) is 94.1 Å². The molecule has 1 aliphatic heterocycles.